The van der Waals surface area contributed by atoms with Gasteiger partial charge in [-0.15, -0.1) is 0 Å². The molecule has 170 valence electrons. The van der Waals surface area contributed by atoms with Crippen molar-refractivity contribution in [2.75, 3.05) is 13.2 Å². The van der Waals surface area contributed by atoms with Crippen LogP contribution in [0.2, 0.25) is 0 Å². The average molecular weight is 472 g/mol. The third-order valence-electron chi connectivity index (χ3n) is 5.19. The maximum atomic E-state index is 12.8. The molecule has 1 aromatic heterocycles. The molecule has 1 aromatic carbocycles. The van der Waals surface area contributed by atoms with Crippen molar-refractivity contribution in [3.63, 3.8) is 0 Å². The first-order valence-corrected chi connectivity index (χ1v) is 12.4. The first kappa shape index (κ1) is 24.3. The van der Waals surface area contributed by atoms with E-state index in [1.54, 1.807) is 30.0 Å². The van der Waals surface area contributed by atoms with E-state index in [9.17, 15) is 9.59 Å². The largest absolute Gasteiger partial charge is 0.462 e. The lowest BCUT2D eigenvalue weighted by Crippen LogP contribution is -2.28. The Morgan fingerprint density at radius 1 is 1.06 bits per heavy atom. The van der Waals surface area contributed by atoms with Gasteiger partial charge in [0.25, 0.3) is 5.91 Å². The van der Waals surface area contributed by atoms with E-state index in [1.807, 2.05) is 24.3 Å². The van der Waals surface area contributed by atoms with E-state index < -0.39 is 0 Å². The van der Waals surface area contributed by atoms with Gasteiger partial charge in [-0.2, -0.15) is 0 Å². The number of esters is 1. The van der Waals surface area contributed by atoms with Crippen LogP contribution in [-0.2, 0) is 9.53 Å². The molecule has 3 rings (SSSR count). The molecule has 7 heteroatoms. The normalized spacial score (nSPS) is 15.1. The summed E-state index contributed by atoms with van der Waals surface area (Å²) in [6, 6.07) is 10.7. The monoisotopic (exact) mass is 471 g/mol. The van der Waals surface area contributed by atoms with Gasteiger partial charge in [0.1, 0.15) is 15.8 Å². The standard InChI is InChI=1S/C25H29NO4S2/c1-3-5-6-7-8-9-16-26-23(27)22(32-25(26)31)17-20-14-15-21(30-20)18-10-12-19(13-11-18)24(28)29-4-2/h10-15,17H,3-9,16H2,1-2H3. The second-order valence-corrected chi connectivity index (χ2v) is 9.28. The smallest absolute Gasteiger partial charge is 0.338 e. The molecule has 1 saturated heterocycles. The highest BCUT2D eigenvalue weighted by Crippen LogP contribution is 2.34. The lowest BCUT2D eigenvalue weighted by atomic mass is 10.1. The van der Waals surface area contributed by atoms with Crippen LogP contribution in [0.15, 0.2) is 45.7 Å². The van der Waals surface area contributed by atoms with E-state index in [0.717, 1.165) is 18.4 Å². The fourth-order valence-corrected chi connectivity index (χ4v) is 4.73. The minimum atomic E-state index is -0.345. The van der Waals surface area contributed by atoms with Crippen molar-refractivity contribution in [2.45, 2.75) is 52.4 Å². The third kappa shape index (κ3) is 6.33. The highest BCUT2D eigenvalue weighted by Gasteiger charge is 2.31. The zero-order chi connectivity index (χ0) is 22.9. The molecule has 0 N–H and O–H groups in total. The Balaban J connectivity index is 1.60. The average Bonchev–Trinajstić information content (AvgIpc) is 3.36. The lowest BCUT2D eigenvalue weighted by molar-refractivity contribution is -0.122. The molecule has 1 fully saturated rings. The molecule has 5 nitrogen and oxygen atoms in total. The summed E-state index contributed by atoms with van der Waals surface area (Å²) in [6.07, 6.45) is 8.78. The number of hydrogen-bond acceptors (Lipinski definition) is 6. The van der Waals surface area contributed by atoms with Crippen molar-refractivity contribution in [3.05, 3.63) is 52.6 Å². The van der Waals surface area contributed by atoms with Crippen molar-refractivity contribution in [3.8, 4) is 11.3 Å². The van der Waals surface area contributed by atoms with Gasteiger partial charge in [0, 0.05) is 18.2 Å². The number of rotatable bonds is 11. The molecule has 1 aliphatic heterocycles. The van der Waals surface area contributed by atoms with Crippen LogP contribution in [0.5, 0.6) is 0 Å². The minimum absolute atomic E-state index is 0.0507. The maximum absolute atomic E-state index is 12.8. The van der Waals surface area contributed by atoms with Crippen LogP contribution in [0.1, 0.15) is 68.5 Å². The first-order chi connectivity index (χ1) is 15.5. The van der Waals surface area contributed by atoms with Gasteiger partial charge in [0.2, 0.25) is 0 Å². The number of thiocarbonyl (C=S) groups is 1. The number of thioether (sulfide) groups is 1. The van der Waals surface area contributed by atoms with Crippen molar-refractivity contribution in [1.29, 1.82) is 0 Å². The Morgan fingerprint density at radius 2 is 1.78 bits per heavy atom. The maximum Gasteiger partial charge on any atom is 0.338 e. The van der Waals surface area contributed by atoms with Crippen molar-refractivity contribution < 1.29 is 18.7 Å². The molecular formula is C25H29NO4S2. The van der Waals surface area contributed by atoms with E-state index in [-0.39, 0.29) is 11.9 Å². The quantitative estimate of drug-likeness (QED) is 0.158. The van der Waals surface area contributed by atoms with Crippen LogP contribution in [0.25, 0.3) is 17.4 Å². The Morgan fingerprint density at radius 3 is 2.50 bits per heavy atom. The van der Waals surface area contributed by atoms with Crippen molar-refractivity contribution in [1.82, 2.24) is 4.90 Å². The highest BCUT2D eigenvalue weighted by atomic mass is 32.2. The summed E-state index contributed by atoms with van der Waals surface area (Å²) in [5, 5.41) is 0. The number of carbonyl (C=O) groups excluding carboxylic acids is 2. The summed E-state index contributed by atoms with van der Waals surface area (Å²) < 4.78 is 11.5. The molecule has 1 amide bonds. The van der Waals surface area contributed by atoms with Crippen LogP contribution in [0, 0.1) is 0 Å². The summed E-state index contributed by atoms with van der Waals surface area (Å²) in [6.45, 7) is 4.99. The summed E-state index contributed by atoms with van der Waals surface area (Å²) in [4.78, 5) is 26.9. The molecule has 0 radical (unpaired) electrons. The van der Waals surface area contributed by atoms with Gasteiger partial charge in [0.05, 0.1) is 17.1 Å². The predicted octanol–water partition coefficient (Wildman–Crippen LogP) is 6.69. The van der Waals surface area contributed by atoms with Crippen LogP contribution in [-0.4, -0.2) is 34.2 Å². The van der Waals surface area contributed by atoms with Gasteiger partial charge in [-0.3, -0.25) is 9.69 Å². The number of benzene rings is 1. The number of furan rings is 1. The van der Waals surface area contributed by atoms with Gasteiger partial charge in [-0.1, -0.05) is 75.1 Å². The Bertz CT molecular complexity index is 978. The van der Waals surface area contributed by atoms with Crippen LogP contribution in [0.3, 0.4) is 0 Å². The number of ether oxygens (including phenoxy) is 1. The Hall–Kier alpha value is -2.38. The van der Waals surface area contributed by atoms with E-state index in [4.69, 9.17) is 21.4 Å². The number of hydrogen-bond donors (Lipinski definition) is 0. The predicted molar refractivity (Wildman–Crippen MR) is 133 cm³/mol. The van der Waals surface area contributed by atoms with Gasteiger partial charge >= 0.3 is 5.97 Å². The molecule has 2 aromatic rings. The molecule has 2 heterocycles. The second kappa shape index (κ2) is 12.0. The Labute approximate surface area is 199 Å². The molecule has 0 atom stereocenters. The summed E-state index contributed by atoms with van der Waals surface area (Å²) in [5.74, 6) is 0.858. The number of amides is 1. The first-order valence-electron chi connectivity index (χ1n) is 11.2. The minimum Gasteiger partial charge on any atom is -0.462 e. The summed E-state index contributed by atoms with van der Waals surface area (Å²) in [5.41, 5.74) is 1.34. The van der Waals surface area contributed by atoms with E-state index in [1.165, 1.54) is 37.4 Å². The molecule has 0 bridgehead atoms. The molecule has 1 aliphatic rings. The fraction of sp³-hybridized carbons (Fsp3) is 0.400. The lowest BCUT2D eigenvalue weighted by Gasteiger charge is -2.13. The van der Waals surface area contributed by atoms with E-state index in [2.05, 4.69) is 6.92 Å². The van der Waals surface area contributed by atoms with E-state index in [0.29, 0.717) is 39.5 Å². The zero-order valence-corrected chi connectivity index (χ0v) is 20.2. The molecule has 0 unspecified atom stereocenters. The second-order valence-electron chi connectivity index (χ2n) is 7.60. The summed E-state index contributed by atoms with van der Waals surface area (Å²) >= 11 is 6.74. The number of unbranched alkanes of at least 4 members (excludes halogenated alkanes) is 5. The summed E-state index contributed by atoms with van der Waals surface area (Å²) in [7, 11) is 0. The number of carbonyl (C=O) groups is 2. The van der Waals surface area contributed by atoms with Gasteiger partial charge in [-0.25, -0.2) is 4.79 Å². The van der Waals surface area contributed by atoms with Crippen LogP contribution >= 0.6 is 24.0 Å². The topological polar surface area (TPSA) is 59.8 Å². The zero-order valence-electron chi connectivity index (χ0n) is 18.6. The number of nitrogens with zero attached hydrogens (tertiary/aromatic N) is 1. The van der Waals surface area contributed by atoms with Crippen LogP contribution < -0.4 is 0 Å². The van der Waals surface area contributed by atoms with Gasteiger partial charge < -0.3 is 9.15 Å². The molecule has 32 heavy (non-hydrogen) atoms. The SMILES string of the molecule is CCCCCCCCN1C(=O)C(=Cc2ccc(-c3ccc(C(=O)OCC)cc3)o2)SC1=S. The molecule has 0 aliphatic carbocycles. The van der Waals surface area contributed by atoms with Crippen molar-refractivity contribution >= 4 is 46.3 Å². The highest BCUT2D eigenvalue weighted by molar-refractivity contribution is 8.26. The van der Waals surface area contributed by atoms with Gasteiger partial charge in [0.15, 0.2) is 0 Å². The van der Waals surface area contributed by atoms with Crippen molar-refractivity contribution in [2.24, 2.45) is 0 Å². The van der Waals surface area contributed by atoms with Gasteiger partial charge in [-0.05, 0) is 37.6 Å². The van der Waals surface area contributed by atoms with Crippen LogP contribution in [0.4, 0.5) is 0 Å². The third-order valence-corrected chi connectivity index (χ3v) is 6.57. The molecular weight excluding hydrogens is 442 g/mol. The molecule has 0 saturated carbocycles. The fourth-order valence-electron chi connectivity index (χ4n) is 3.44. The molecule has 0 spiro atoms. The Kier molecular flexibility index (Phi) is 9.11. The van der Waals surface area contributed by atoms with E-state index >= 15 is 0 Å².